The molecule has 1 heterocycles. The molecule has 0 amide bonds. The monoisotopic (exact) mass is 454 g/mol. The molecule has 0 saturated carbocycles. The Balaban J connectivity index is 1.78. The van der Waals surface area contributed by atoms with Crippen molar-refractivity contribution in [1.82, 2.24) is 0 Å². The Hall–Kier alpha value is -2.86. The maximum atomic E-state index is 14.6. The van der Waals surface area contributed by atoms with Crippen LogP contribution >= 0.6 is 15.9 Å². The number of hydrogen-bond donors (Lipinski definition) is 0. The van der Waals surface area contributed by atoms with E-state index in [9.17, 15) is 4.39 Å². The van der Waals surface area contributed by atoms with E-state index in [4.69, 9.17) is 14.6 Å². The lowest BCUT2D eigenvalue weighted by Gasteiger charge is -2.25. The van der Waals surface area contributed by atoms with Gasteiger partial charge in [0.25, 0.3) is 0 Å². The van der Waals surface area contributed by atoms with E-state index in [0.717, 1.165) is 21.3 Å². The topological polar surface area (TPSA) is 34.1 Å². The number of halogens is 2. The van der Waals surface area contributed by atoms with Crippen LogP contribution in [0.25, 0.3) is 0 Å². The van der Waals surface area contributed by atoms with Crippen molar-refractivity contribution in [2.75, 3.05) is 19.2 Å². The van der Waals surface area contributed by atoms with Gasteiger partial charge in [0, 0.05) is 10.9 Å². The summed E-state index contributed by atoms with van der Waals surface area (Å²) in [6.45, 7) is 0. The van der Waals surface area contributed by atoms with E-state index in [1.807, 2.05) is 48.5 Å². The molecule has 0 aliphatic carbocycles. The van der Waals surface area contributed by atoms with Crippen LogP contribution in [0.15, 0.2) is 76.3 Å². The summed E-state index contributed by atoms with van der Waals surface area (Å²) in [4.78, 5) is 0. The standard InChI is InChI=1S/C23H20BrFN2O2/c1-28-22-12-9-16(13-23(22)29-2)21-14-19(15-7-10-17(24)11-8-15)26-27(21)20-6-4-3-5-18(20)25/h3-13,21H,14H2,1-2H3. The van der Waals surface area contributed by atoms with Crippen LogP contribution in [0.3, 0.4) is 0 Å². The highest BCUT2D eigenvalue weighted by Gasteiger charge is 2.32. The summed E-state index contributed by atoms with van der Waals surface area (Å²) in [5, 5.41) is 6.56. The first kappa shape index (κ1) is 19.5. The number of anilines is 1. The van der Waals surface area contributed by atoms with Gasteiger partial charge >= 0.3 is 0 Å². The summed E-state index contributed by atoms with van der Waals surface area (Å²) in [6, 6.07) is 20.3. The van der Waals surface area contributed by atoms with Gasteiger partial charge in [0.15, 0.2) is 11.5 Å². The minimum Gasteiger partial charge on any atom is -0.493 e. The summed E-state index contributed by atoms with van der Waals surface area (Å²) >= 11 is 3.46. The Morgan fingerprint density at radius 3 is 2.38 bits per heavy atom. The molecule has 0 bridgehead atoms. The molecule has 0 spiro atoms. The van der Waals surface area contributed by atoms with E-state index >= 15 is 0 Å². The van der Waals surface area contributed by atoms with Crippen molar-refractivity contribution in [2.45, 2.75) is 12.5 Å². The Bertz CT molecular complexity index is 1050. The average molecular weight is 455 g/mol. The largest absolute Gasteiger partial charge is 0.493 e. The molecular weight excluding hydrogens is 435 g/mol. The van der Waals surface area contributed by atoms with Gasteiger partial charge in [-0.25, -0.2) is 4.39 Å². The van der Waals surface area contributed by atoms with Gasteiger partial charge in [0.1, 0.15) is 5.82 Å². The zero-order valence-electron chi connectivity index (χ0n) is 16.1. The smallest absolute Gasteiger partial charge is 0.161 e. The Labute approximate surface area is 177 Å². The minimum atomic E-state index is -0.307. The molecule has 0 radical (unpaired) electrons. The SMILES string of the molecule is COc1ccc(C2CC(c3ccc(Br)cc3)=NN2c2ccccc2F)cc1OC. The molecule has 4 nitrogen and oxygen atoms in total. The van der Waals surface area contributed by atoms with Gasteiger partial charge in [-0.1, -0.05) is 46.3 Å². The van der Waals surface area contributed by atoms with Crippen molar-refractivity contribution in [3.05, 3.63) is 88.1 Å². The summed E-state index contributed by atoms with van der Waals surface area (Å²) in [5.41, 5.74) is 3.33. The molecular formula is C23H20BrFN2O2. The molecule has 148 valence electrons. The third-order valence-electron chi connectivity index (χ3n) is 4.98. The van der Waals surface area contributed by atoms with Crippen LogP contribution in [0.2, 0.25) is 0 Å². The molecule has 1 unspecified atom stereocenters. The molecule has 0 saturated heterocycles. The number of hydrazone groups is 1. The maximum absolute atomic E-state index is 14.6. The predicted octanol–water partition coefficient (Wildman–Crippen LogP) is 5.96. The summed E-state index contributed by atoms with van der Waals surface area (Å²) in [6.07, 6.45) is 0.644. The highest BCUT2D eigenvalue weighted by Crippen LogP contribution is 2.40. The van der Waals surface area contributed by atoms with Gasteiger partial charge in [-0.15, -0.1) is 0 Å². The number of benzene rings is 3. The van der Waals surface area contributed by atoms with Crippen molar-refractivity contribution < 1.29 is 13.9 Å². The van der Waals surface area contributed by atoms with Crippen molar-refractivity contribution in [1.29, 1.82) is 0 Å². The fraction of sp³-hybridized carbons (Fsp3) is 0.174. The second-order valence-electron chi connectivity index (χ2n) is 6.68. The normalized spacial score (nSPS) is 15.9. The van der Waals surface area contributed by atoms with E-state index in [1.165, 1.54) is 6.07 Å². The van der Waals surface area contributed by atoms with E-state index < -0.39 is 0 Å². The Morgan fingerprint density at radius 2 is 1.69 bits per heavy atom. The van der Waals surface area contributed by atoms with Gasteiger partial charge in [0.2, 0.25) is 0 Å². The zero-order valence-corrected chi connectivity index (χ0v) is 17.7. The van der Waals surface area contributed by atoms with Crippen molar-refractivity contribution >= 4 is 27.3 Å². The first-order valence-corrected chi connectivity index (χ1v) is 9.99. The van der Waals surface area contributed by atoms with Gasteiger partial charge in [-0.2, -0.15) is 5.10 Å². The molecule has 1 atom stereocenters. The summed E-state index contributed by atoms with van der Waals surface area (Å²) in [7, 11) is 3.21. The quantitative estimate of drug-likeness (QED) is 0.476. The maximum Gasteiger partial charge on any atom is 0.161 e. The van der Waals surface area contributed by atoms with E-state index in [0.29, 0.717) is 23.6 Å². The lowest BCUT2D eigenvalue weighted by molar-refractivity contribution is 0.354. The Morgan fingerprint density at radius 1 is 0.966 bits per heavy atom. The third-order valence-corrected chi connectivity index (χ3v) is 5.51. The Kier molecular flexibility index (Phi) is 5.53. The molecule has 1 aliphatic rings. The first-order chi connectivity index (χ1) is 14.1. The zero-order chi connectivity index (χ0) is 20.4. The number of ether oxygens (including phenoxy) is 2. The van der Waals surface area contributed by atoms with Gasteiger partial charge < -0.3 is 9.47 Å². The van der Waals surface area contributed by atoms with E-state index in [-0.39, 0.29) is 11.9 Å². The lowest BCUT2D eigenvalue weighted by Crippen LogP contribution is -2.19. The molecule has 0 N–H and O–H groups in total. The molecule has 29 heavy (non-hydrogen) atoms. The van der Waals surface area contributed by atoms with Crippen LogP contribution in [0.4, 0.5) is 10.1 Å². The van der Waals surface area contributed by atoms with Crippen LogP contribution in [0.5, 0.6) is 11.5 Å². The van der Waals surface area contributed by atoms with Gasteiger partial charge in [0.05, 0.1) is 31.7 Å². The molecule has 0 fully saturated rings. The number of hydrogen-bond acceptors (Lipinski definition) is 4. The molecule has 3 aromatic rings. The summed E-state index contributed by atoms with van der Waals surface area (Å²) in [5.74, 6) is 0.982. The number of methoxy groups -OCH3 is 2. The number of nitrogens with zero attached hydrogens (tertiary/aromatic N) is 2. The van der Waals surface area contributed by atoms with Crippen molar-refractivity contribution in [3.8, 4) is 11.5 Å². The molecule has 1 aliphatic heterocycles. The van der Waals surface area contributed by atoms with Crippen molar-refractivity contribution in [2.24, 2.45) is 5.10 Å². The van der Waals surface area contributed by atoms with Crippen molar-refractivity contribution in [3.63, 3.8) is 0 Å². The number of rotatable bonds is 5. The highest BCUT2D eigenvalue weighted by atomic mass is 79.9. The van der Waals surface area contributed by atoms with Crippen LogP contribution in [-0.2, 0) is 0 Å². The minimum absolute atomic E-state index is 0.162. The highest BCUT2D eigenvalue weighted by molar-refractivity contribution is 9.10. The molecule has 3 aromatic carbocycles. The molecule has 6 heteroatoms. The van der Waals surface area contributed by atoms with Crippen LogP contribution < -0.4 is 14.5 Å². The van der Waals surface area contributed by atoms with Crippen LogP contribution in [0, 0.1) is 5.82 Å². The van der Waals surface area contributed by atoms with E-state index in [1.54, 1.807) is 31.4 Å². The fourth-order valence-electron chi connectivity index (χ4n) is 3.51. The fourth-order valence-corrected chi connectivity index (χ4v) is 3.77. The first-order valence-electron chi connectivity index (χ1n) is 9.20. The second kappa shape index (κ2) is 8.25. The van der Waals surface area contributed by atoms with Crippen LogP contribution in [0.1, 0.15) is 23.6 Å². The molecule has 4 rings (SSSR count). The molecule has 0 aromatic heterocycles. The second-order valence-corrected chi connectivity index (χ2v) is 7.60. The average Bonchev–Trinajstić information content (AvgIpc) is 3.19. The van der Waals surface area contributed by atoms with Gasteiger partial charge in [-0.05, 0) is 47.5 Å². The third kappa shape index (κ3) is 3.85. The predicted molar refractivity (Wildman–Crippen MR) is 116 cm³/mol. The number of para-hydroxylation sites is 1. The van der Waals surface area contributed by atoms with Gasteiger partial charge in [-0.3, -0.25) is 5.01 Å². The van der Waals surface area contributed by atoms with E-state index in [2.05, 4.69) is 15.9 Å². The summed E-state index contributed by atoms with van der Waals surface area (Å²) < 4.78 is 26.4. The lowest BCUT2D eigenvalue weighted by atomic mass is 9.97. The van der Waals surface area contributed by atoms with Crippen LogP contribution in [-0.4, -0.2) is 19.9 Å².